The average molecular weight is 409 g/mol. The largest absolute Gasteiger partial charge is 0.497 e. The van der Waals surface area contributed by atoms with Crippen molar-refractivity contribution in [3.05, 3.63) is 54.2 Å². The van der Waals surface area contributed by atoms with Gasteiger partial charge in [0, 0.05) is 20.1 Å². The zero-order chi connectivity index (χ0) is 21.1. The van der Waals surface area contributed by atoms with Gasteiger partial charge in [0.05, 0.1) is 7.11 Å². The molecule has 4 rings (SSSR count). The van der Waals surface area contributed by atoms with Crippen LogP contribution < -0.4 is 9.47 Å². The molecular formula is C23H27N3O4. The lowest BCUT2D eigenvalue weighted by Gasteiger charge is -2.20. The van der Waals surface area contributed by atoms with Gasteiger partial charge in [0.25, 0.3) is 5.91 Å². The second-order valence-corrected chi connectivity index (χ2v) is 7.89. The van der Waals surface area contributed by atoms with E-state index in [1.54, 1.807) is 12.0 Å². The van der Waals surface area contributed by atoms with E-state index in [9.17, 15) is 4.79 Å². The van der Waals surface area contributed by atoms with Gasteiger partial charge in [0.15, 0.2) is 12.3 Å². The molecule has 1 atom stereocenters. The molecule has 1 amide bonds. The van der Waals surface area contributed by atoms with Gasteiger partial charge in [-0.25, -0.2) is 4.98 Å². The summed E-state index contributed by atoms with van der Waals surface area (Å²) >= 11 is 0. The Morgan fingerprint density at radius 1 is 1.23 bits per heavy atom. The molecule has 3 aromatic rings. The molecule has 158 valence electrons. The highest BCUT2D eigenvalue weighted by atomic mass is 16.5. The molecule has 1 aromatic heterocycles. The average Bonchev–Trinajstić information content (AvgIpc) is 3.40. The zero-order valence-electron chi connectivity index (χ0n) is 17.6. The highest BCUT2D eigenvalue weighted by Crippen LogP contribution is 2.25. The van der Waals surface area contributed by atoms with Crippen molar-refractivity contribution in [2.75, 3.05) is 40.8 Å². The van der Waals surface area contributed by atoms with Gasteiger partial charge in [-0.2, -0.15) is 0 Å². The number of hydrogen-bond acceptors (Lipinski definition) is 6. The van der Waals surface area contributed by atoms with Crippen LogP contribution in [0.5, 0.6) is 11.5 Å². The van der Waals surface area contributed by atoms with Crippen LogP contribution in [0.15, 0.2) is 47.1 Å². The Balaban J connectivity index is 1.36. The van der Waals surface area contributed by atoms with Crippen LogP contribution in [-0.2, 0) is 6.61 Å². The molecule has 0 radical (unpaired) electrons. The van der Waals surface area contributed by atoms with Gasteiger partial charge < -0.3 is 23.7 Å². The number of methoxy groups -OCH3 is 1. The van der Waals surface area contributed by atoms with Gasteiger partial charge in [0.1, 0.15) is 17.8 Å². The van der Waals surface area contributed by atoms with Crippen molar-refractivity contribution in [3.63, 3.8) is 0 Å². The Morgan fingerprint density at radius 2 is 2.00 bits per heavy atom. The third kappa shape index (κ3) is 4.57. The molecule has 30 heavy (non-hydrogen) atoms. The predicted molar refractivity (Wildman–Crippen MR) is 114 cm³/mol. The smallest absolute Gasteiger partial charge is 0.275 e. The lowest BCUT2D eigenvalue weighted by atomic mass is 10.1. The van der Waals surface area contributed by atoms with E-state index in [2.05, 4.69) is 16.9 Å². The topological polar surface area (TPSA) is 68.0 Å². The Morgan fingerprint density at radius 3 is 2.73 bits per heavy atom. The van der Waals surface area contributed by atoms with Crippen LogP contribution >= 0.6 is 0 Å². The highest BCUT2D eigenvalue weighted by molar-refractivity contribution is 5.91. The van der Waals surface area contributed by atoms with Gasteiger partial charge in [-0.1, -0.05) is 12.1 Å². The van der Waals surface area contributed by atoms with Crippen LogP contribution in [0.1, 0.15) is 22.8 Å². The quantitative estimate of drug-likeness (QED) is 0.596. The first-order valence-electron chi connectivity index (χ1n) is 10.1. The lowest BCUT2D eigenvalue weighted by Crippen LogP contribution is -2.33. The molecule has 0 saturated carbocycles. The maximum atomic E-state index is 12.6. The van der Waals surface area contributed by atoms with E-state index in [0.29, 0.717) is 23.3 Å². The second kappa shape index (κ2) is 8.75. The number of oxazole rings is 1. The SMILES string of the molecule is COc1ccc2ccc(OCc3nc(C(=O)N(C)CC4CCN(C)C4)co3)cc2c1. The molecule has 0 spiro atoms. The number of likely N-dealkylation sites (tertiary alicyclic amines) is 1. The normalized spacial score (nSPS) is 16.7. The molecule has 7 heteroatoms. The summed E-state index contributed by atoms with van der Waals surface area (Å²) in [5.74, 6) is 2.24. The molecule has 7 nitrogen and oxygen atoms in total. The van der Waals surface area contributed by atoms with E-state index >= 15 is 0 Å². The monoisotopic (exact) mass is 409 g/mol. The van der Waals surface area contributed by atoms with Crippen LogP contribution in [-0.4, -0.2) is 61.5 Å². The van der Waals surface area contributed by atoms with E-state index in [4.69, 9.17) is 13.9 Å². The summed E-state index contributed by atoms with van der Waals surface area (Å²) < 4.78 is 16.6. The summed E-state index contributed by atoms with van der Waals surface area (Å²) in [6, 6.07) is 11.7. The Labute approximate surface area is 176 Å². The predicted octanol–water partition coefficient (Wildman–Crippen LogP) is 3.44. The van der Waals surface area contributed by atoms with Gasteiger partial charge in [-0.15, -0.1) is 0 Å². The number of rotatable bonds is 7. The van der Waals surface area contributed by atoms with Crippen molar-refractivity contribution in [1.82, 2.24) is 14.8 Å². The Bertz CT molecular complexity index is 1030. The van der Waals surface area contributed by atoms with Crippen LogP contribution in [0.2, 0.25) is 0 Å². The van der Waals surface area contributed by atoms with E-state index in [1.807, 2.05) is 43.4 Å². The van der Waals surface area contributed by atoms with Crippen molar-refractivity contribution in [2.24, 2.45) is 5.92 Å². The minimum atomic E-state index is -0.127. The van der Waals surface area contributed by atoms with Crippen molar-refractivity contribution in [1.29, 1.82) is 0 Å². The van der Waals surface area contributed by atoms with Gasteiger partial charge in [-0.05, 0) is 61.0 Å². The number of benzene rings is 2. The fourth-order valence-corrected chi connectivity index (χ4v) is 3.88. The number of aromatic nitrogens is 1. The molecule has 1 fully saturated rings. The third-order valence-electron chi connectivity index (χ3n) is 5.52. The number of hydrogen-bond donors (Lipinski definition) is 0. The lowest BCUT2D eigenvalue weighted by molar-refractivity contribution is 0.0768. The molecule has 2 aromatic carbocycles. The minimum absolute atomic E-state index is 0.127. The fourth-order valence-electron chi connectivity index (χ4n) is 3.88. The summed E-state index contributed by atoms with van der Waals surface area (Å²) in [7, 11) is 5.57. The molecule has 0 N–H and O–H groups in total. The first-order valence-corrected chi connectivity index (χ1v) is 10.1. The first-order chi connectivity index (χ1) is 14.5. The number of carbonyl (C=O) groups excluding carboxylic acids is 1. The van der Waals surface area contributed by atoms with Crippen LogP contribution in [0.25, 0.3) is 10.8 Å². The number of fused-ring (bicyclic) bond motifs is 1. The standard InChI is InChI=1S/C23H27N3O4/c1-25-9-8-16(12-25)13-26(2)23(27)21-14-30-22(24-21)15-29-20-7-5-17-4-6-19(28-3)10-18(17)11-20/h4-7,10-11,14,16H,8-9,12-13,15H2,1-3H3. The third-order valence-corrected chi connectivity index (χ3v) is 5.52. The van der Waals surface area contributed by atoms with E-state index in [0.717, 1.165) is 42.6 Å². The Kier molecular flexibility index (Phi) is 5.90. The number of ether oxygens (including phenoxy) is 2. The Hall–Kier alpha value is -3.06. The summed E-state index contributed by atoms with van der Waals surface area (Å²) in [5.41, 5.74) is 0.311. The van der Waals surface area contributed by atoms with Crippen molar-refractivity contribution < 1.29 is 18.7 Å². The van der Waals surface area contributed by atoms with E-state index in [-0.39, 0.29) is 12.5 Å². The molecule has 2 heterocycles. The number of carbonyl (C=O) groups is 1. The molecule has 0 aliphatic carbocycles. The van der Waals surface area contributed by atoms with Crippen molar-refractivity contribution >= 4 is 16.7 Å². The van der Waals surface area contributed by atoms with E-state index < -0.39 is 0 Å². The van der Waals surface area contributed by atoms with Crippen LogP contribution in [0.3, 0.4) is 0 Å². The first kappa shape index (κ1) is 20.2. The molecule has 1 aliphatic rings. The van der Waals surface area contributed by atoms with Crippen LogP contribution in [0.4, 0.5) is 0 Å². The molecule has 1 saturated heterocycles. The minimum Gasteiger partial charge on any atom is -0.497 e. The van der Waals surface area contributed by atoms with E-state index in [1.165, 1.54) is 6.26 Å². The fraction of sp³-hybridized carbons (Fsp3) is 0.391. The maximum Gasteiger partial charge on any atom is 0.275 e. The van der Waals surface area contributed by atoms with Gasteiger partial charge in [-0.3, -0.25) is 4.79 Å². The number of nitrogens with zero attached hydrogens (tertiary/aromatic N) is 3. The number of amides is 1. The second-order valence-electron chi connectivity index (χ2n) is 7.89. The van der Waals surface area contributed by atoms with Crippen molar-refractivity contribution in [2.45, 2.75) is 13.0 Å². The molecule has 1 aliphatic heterocycles. The highest BCUT2D eigenvalue weighted by Gasteiger charge is 2.24. The summed E-state index contributed by atoms with van der Waals surface area (Å²) in [6.07, 6.45) is 2.52. The van der Waals surface area contributed by atoms with Gasteiger partial charge >= 0.3 is 0 Å². The van der Waals surface area contributed by atoms with Crippen LogP contribution in [0, 0.1) is 5.92 Å². The summed E-state index contributed by atoms with van der Waals surface area (Å²) in [4.78, 5) is 21.0. The van der Waals surface area contributed by atoms with Crippen molar-refractivity contribution in [3.8, 4) is 11.5 Å². The molecular weight excluding hydrogens is 382 g/mol. The maximum absolute atomic E-state index is 12.6. The zero-order valence-corrected chi connectivity index (χ0v) is 17.6. The van der Waals surface area contributed by atoms with Gasteiger partial charge in [0.2, 0.25) is 5.89 Å². The molecule has 0 bridgehead atoms. The summed E-state index contributed by atoms with van der Waals surface area (Å²) in [5, 5.41) is 2.12. The molecule has 1 unspecified atom stereocenters. The summed E-state index contributed by atoms with van der Waals surface area (Å²) in [6.45, 7) is 2.98.